The lowest BCUT2D eigenvalue weighted by Gasteiger charge is -2.23. The monoisotopic (exact) mass is 923 g/mol. The molecule has 0 fully saturated rings. The van der Waals surface area contributed by atoms with Gasteiger partial charge in [-0.25, -0.2) is 9.50 Å². The van der Waals surface area contributed by atoms with Crippen molar-refractivity contribution in [3.05, 3.63) is 205 Å². The van der Waals surface area contributed by atoms with Gasteiger partial charge in [0.2, 0.25) is 0 Å². The van der Waals surface area contributed by atoms with Crippen molar-refractivity contribution in [2.45, 2.75) is 25.9 Å². The van der Waals surface area contributed by atoms with Crippen LogP contribution < -0.4 is 33.2 Å². The smallest absolute Gasteiger partial charge is 0.264 e. The SMILES string of the molecule is C[C@H](NC(=O)c1c(N)nn2c(-c3ccccc3-n3c([C@H](C)NC(=O)c4c(N)ncc5ccccc45)cc4cccc(Cl)c4c3=O)cccc12)c1cc2cccc(Cl)c2c(=O)n1-c1ccccc1. The largest absolute Gasteiger partial charge is 0.383 e. The van der Waals surface area contributed by atoms with Crippen LogP contribution in [-0.4, -0.2) is 35.5 Å². The van der Waals surface area contributed by atoms with Crippen molar-refractivity contribution < 1.29 is 9.59 Å². The molecule has 2 atom stereocenters. The Balaban J connectivity index is 1.06. The molecule has 67 heavy (non-hydrogen) atoms. The fourth-order valence-electron chi connectivity index (χ4n) is 8.92. The van der Waals surface area contributed by atoms with Gasteiger partial charge in [0, 0.05) is 34.2 Å². The molecule has 13 nitrogen and oxygen atoms in total. The summed E-state index contributed by atoms with van der Waals surface area (Å²) in [6, 6.07) is 41.7. The van der Waals surface area contributed by atoms with Gasteiger partial charge in [0.15, 0.2) is 5.82 Å². The topological polar surface area (TPSA) is 184 Å². The lowest BCUT2D eigenvalue weighted by Crippen LogP contribution is -2.33. The highest BCUT2D eigenvalue weighted by atomic mass is 35.5. The molecule has 10 rings (SSSR count). The summed E-state index contributed by atoms with van der Waals surface area (Å²) < 4.78 is 4.64. The second-order valence-corrected chi connectivity index (χ2v) is 17.0. The van der Waals surface area contributed by atoms with E-state index < -0.39 is 29.5 Å². The molecule has 0 aliphatic heterocycles. The Morgan fingerprint density at radius 2 is 1.15 bits per heavy atom. The fourth-order valence-corrected chi connectivity index (χ4v) is 9.45. The number of rotatable bonds is 9. The third kappa shape index (κ3) is 7.30. The van der Waals surface area contributed by atoms with E-state index in [0.29, 0.717) is 66.1 Å². The highest BCUT2D eigenvalue weighted by molar-refractivity contribution is 6.35. The van der Waals surface area contributed by atoms with Gasteiger partial charge in [-0.15, -0.1) is 5.10 Å². The van der Waals surface area contributed by atoms with Crippen molar-refractivity contribution in [2.75, 3.05) is 11.5 Å². The van der Waals surface area contributed by atoms with Crippen LogP contribution in [0.15, 0.2) is 161 Å². The molecular weight excluding hydrogens is 886 g/mol. The van der Waals surface area contributed by atoms with E-state index in [1.54, 1.807) is 95.9 Å². The predicted molar refractivity (Wildman–Crippen MR) is 266 cm³/mol. The minimum Gasteiger partial charge on any atom is -0.383 e. The number of benzene rings is 5. The lowest BCUT2D eigenvalue weighted by molar-refractivity contribution is 0.0932. The highest BCUT2D eigenvalue weighted by Gasteiger charge is 2.27. The second kappa shape index (κ2) is 16.9. The van der Waals surface area contributed by atoms with Crippen LogP contribution in [0.5, 0.6) is 0 Å². The van der Waals surface area contributed by atoms with Crippen molar-refractivity contribution in [3.63, 3.8) is 0 Å². The van der Waals surface area contributed by atoms with Gasteiger partial charge in [0.05, 0.1) is 55.4 Å². The molecule has 6 N–H and O–H groups in total. The Kier molecular flexibility index (Phi) is 10.8. The Bertz CT molecular complexity index is 3790. The van der Waals surface area contributed by atoms with Gasteiger partial charge in [-0.3, -0.25) is 28.3 Å². The van der Waals surface area contributed by atoms with Crippen molar-refractivity contribution in [1.29, 1.82) is 0 Å². The molecule has 0 aliphatic rings. The minimum atomic E-state index is -0.763. The lowest BCUT2D eigenvalue weighted by atomic mass is 10.0. The second-order valence-electron chi connectivity index (χ2n) is 16.1. The summed E-state index contributed by atoms with van der Waals surface area (Å²) in [6.45, 7) is 3.57. The Morgan fingerprint density at radius 1 is 0.597 bits per heavy atom. The quantitative estimate of drug-likeness (QED) is 0.110. The number of carbonyl (C=O) groups is 2. The van der Waals surface area contributed by atoms with Crippen LogP contribution in [0.4, 0.5) is 11.6 Å². The van der Waals surface area contributed by atoms with E-state index in [1.165, 1.54) is 4.57 Å². The number of hydrogen-bond acceptors (Lipinski definition) is 8. The van der Waals surface area contributed by atoms with Gasteiger partial charge >= 0.3 is 0 Å². The maximum atomic E-state index is 14.9. The van der Waals surface area contributed by atoms with Crippen molar-refractivity contribution in [3.8, 4) is 22.6 Å². The van der Waals surface area contributed by atoms with Gasteiger partial charge in [0.1, 0.15) is 11.4 Å². The van der Waals surface area contributed by atoms with Gasteiger partial charge in [-0.2, -0.15) is 0 Å². The average Bonchev–Trinajstić information content (AvgIpc) is 3.67. The van der Waals surface area contributed by atoms with Crippen LogP contribution in [0, 0.1) is 0 Å². The Labute approximate surface area is 391 Å². The first-order chi connectivity index (χ1) is 32.4. The zero-order valence-electron chi connectivity index (χ0n) is 35.9. The number of nitrogen functional groups attached to an aromatic ring is 2. The number of amides is 2. The number of nitrogens with one attached hydrogen (secondary N) is 2. The first-order valence-electron chi connectivity index (χ1n) is 21.3. The Hall–Kier alpha value is -8.26. The molecular formula is C52H39Cl2N9O4. The van der Waals surface area contributed by atoms with E-state index >= 15 is 0 Å². The zero-order chi connectivity index (χ0) is 46.7. The number of anilines is 2. The van der Waals surface area contributed by atoms with Crippen LogP contribution in [-0.2, 0) is 0 Å². The maximum absolute atomic E-state index is 14.9. The first kappa shape index (κ1) is 42.7. The molecule has 0 radical (unpaired) electrons. The molecule has 0 spiro atoms. The number of halogens is 2. The van der Waals surface area contributed by atoms with Crippen molar-refractivity contribution >= 4 is 84.5 Å². The molecule has 0 saturated carbocycles. The molecule has 10 aromatic rings. The fraction of sp³-hybridized carbons (Fsp3) is 0.0769. The molecule has 330 valence electrons. The maximum Gasteiger partial charge on any atom is 0.264 e. The van der Waals surface area contributed by atoms with Crippen LogP contribution in [0.2, 0.25) is 10.0 Å². The summed E-state index contributed by atoms with van der Waals surface area (Å²) in [5, 5.41) is 14.6. The van der Waals surface area contributed by atoms with Gasteiger partial charge in [-0.05, 0) is 84.6 Å². The number of aromatic nitrogens is 5. The van der Waals surface area contributed by atoms with E-state index in [1.807, 2.05) is 78.9 Å². The summed E-state index contributed by atoms with van der Waals surface area (Å²) in [5.74, 6) is -0.984. The summed E-state index contributed by atoms with van der Waals surface area (Å²) in [5.41, 5.74) is 15.9. The van der Waals surface area contributed by atoms with Crippen LogP contribution in [0.3, 0.4) is 0 Å². The van der Waals surface area contributed by atoms with E-state index in [4.69, 9.17) is 34.7 Å². The van der Waals surface area contributed by atoms with Crippen LogP contribution in [0.1, 0.15) is 58.0 Å². The number of nitrogens with zero attached hydrogens (tertiary/aromatic N) is 5. The molecule has 15 heteroatoms. The van der Waals surface area contributed by atoms with Crippen molar-refractivity contribution in [2.24, 2.45) is 0 Å². The summed E-state index contributed by atoms with van der Waals surface area (Å²) in [6.07, 6.45) is 1.62. The zero-order valence-corrected chi connectivity index (χ0v) is 37.4. The number of para-hydroxylation sites is 2. The summed E-state index contributed by atoms with van der Waals surface area (Å²) in [4.78, 5) is 61.9. The molecule has 2 amide bonds. The third-order valence-corrected chi connectivity index (χ3v) is 12.7. The van der Waals surface area contributed by atoms with E-state index in [9.17, 15) is 19.2 Å². The molecule has 0 saturated heterocycles. The number of carbonyl (C=O) groups excluding carboxylic acids is 2. The van der Waals surface area contributed by atoms with E-state index in [0.717, 1.165) is 5.39 Å². The molecule has 5 heterocycles. The standard InChI is InChI=1S/C52H39Cl2N9O4/c1-28(41-25-30-14-10-20-36(53)43(30)51(66)61(41)33-16-4-3-5-17-33)59-50(65)46-40-24-12-23-39(63(40)60-48(46)56)35-19-8-9-22-38(35)62-42(26-31-15-11-21-37(54)44(31)52(62)67)29(2)58-49(64)45-34-18-7-6-13-32(34)27-57-47(45)55/h3-29H,1-2H3,(H2,55,57)(H2,56,60)(H,58,64)(H,59,65)/t28-,29-/m0/s1. The molecule has 0 aliphatic carbocycles. The summed E-state index contributed by atoms with van der Waals surface area (Å²) >= 11 is 13.3. The number of hydrogen-bond donors (Lipinski definition) is 4. The molecule has 5 aromatic carbocycles. The van der Waals surface area contributed by atoms with Gasteiger partial charge in [-0.1, -0.05) is 114 Å². The number of pyridine rings is 4. The highest BCUT2D eigenvalue weighted by Crippen LogP contribution is 2.34. The first-order valence-corrected chi connectivity index (χ1v) is 22.0. The number of nitrogens with two attached hydrogens (primary N) is 2. The minimum absolute atomic E-state index is 0.0470. The van der Waals surface area contributed by atoms with E-state index in [2.05, 4.69) is 20.7 Å². The summed E-state index contributed by atoms with van der Waals surface area (Å²) in [7, 11) is 0. The predicted octanol–water partition coefficient (Wildman–Crippen LogP) is 9.61. The van der Waals surface area contributed by atoms with Gasteiger partial charge < -0.3 is 22.1 Å². The van der Waals surface area contributed by atoms with E-state index in [-0.39, 0.29) is 38.7 Å². The average molecular weight is 925 g/mol. The molecule has 0 bridgehead atoms. The third-order valence-electron chi connectivity index (χ3n) is 12.0. The molecule has 5 aromatic heterocycles. The van der Waals surface area contributed by atoms with Crippen LogP contribution >= 0.6 is 23.2 Å². The molecule has 0 unspecified atom stereocenters. The van der Waals surface area contributed by atoms with Crippen LogP contribution in [0.25, 0.3) is 60.5 Å². The van der Waals surface area contributed by atoms with Crippen molar-refractivity contribution in [1.82, 2.24) is 34.4 Å². The normalized spacial score (nSPS) is 12.4. The number of fused-ring (bicyclic) bond motifs is 4. The Morgan fingerprint density at radius 3 is 1.84 bits per heavy atom. The van der Waals surface area contributed by atoms with Gasteiger partial charge in [0.25, 0.3) is 22.9 Å².